The summed E-state index contributed by atoms with van der Waals surface area (Å²) in [6.07, 6.45) is 3.83. The van der Waals surface area contributed by atoms with Crippen LogP contribution in [0.15, 0.2) is 18.2 Å². The van der Waals surface area contributed by atoms with E-state index in [4.69, 9.17) is 0 Å². The summed E-state index contributed by atoms with van der Waals surface area (Å²) in [7, 11) is 2.11. The van der Waals surface area contributed by atoms with Gasteiger partial charge in [0.1, 0.15) is 5.82 Å². The topological polar surface area (TPSA) is 55.8 Å². The fourth-order valence-corrected chi connectivity index (χ4v) is 4.17. The van der Waals surface area contributed by atoms with Crippen LogP contribution in [0.4, 0.5) is 10.1 Å². The minimum Gasteiger partial charge on any atom is -0.393 e. The van der Waals surface area contributed by atoms with Gasteiger partial charge in [0.25, 0.3) is 0 Å². The van der Waals surface area contributed by atoms with Crippen LogP contribution in [-0.4, -0.2) is 55.2 Å². The molecule has 0 bridgehead atoms. The molecule has 1 amide bonds. The number of aliphatic hydroxyl groups is 1. The maximum atomic E-state index is 13.9. The van der Waals surface area contributed by atoms with Crippen molar-refractivity contribution in [2.45, 2.75) is 51.2 Å². The zero-order valence-corrected chi connectivity index (χ0v) is 16.5. The molecule has 2 fully saturated rings. The zero-order valence-electron chi connectivity index (χ0n) is 16.5. The lowest BCUT2D eigenvalue weighted by Gasteiger charge is -2.34. The highest BCUT2D eigenvalue weighted by atomic mass is 19.1. The van der Waals surface area contributed by atoms with Gasteiger partial charge >= 0.3 is 0 Å². The maximum absolute atomic E-state index is 13.9. The van der Waals surface area contributed by atoms with Gasteiger partial charge in [0.2, 0.25) is 5.91 Å². The molecule has 1 atom stereocenters. The summed E-state index contributed by atoms with van der Waals surface area (Å²) in [6, 6.07) is 4.54. The number of nitrogens with one attached hydrogen (secondary N) is 1. The van der Waals surface area contributed by atoms with Crippen LogP contribution in [0.3, 0.4) is 0 Å². The van der Waals surface area contributed by atoms with Gasteiger partial charge in [-0.1, -0.05) is 0 Å². The lowest BCUT2D eigenvalue weighted by molar-refractivity contribution is -0.123. The molecular formula is C21H32FN3O2. The third-order valence-electron chi connectivity index (χ3n) is 5.95. The largest absolute Gasteiger partial charge is 0.393 e. The molecule has 6 heteroatoms. The first-order chi connectivity index (χ1) is 12.9. The van der Waals surface area contributed by atoms with Crippen molar-refractivity contribution >= 4 is 11.6 Å². The number of carbonyl (C=O) groups excluding carboxylic acids is 1. The molecule has 2 heterocycles. The smallest absolute Gasteiger partial charge is 0.220 e. The van der Waals surface area contributed by atoms with Gasteiger partial charge in [-0.15, -0.1) is 0 Å². The predicted octanol–water partition coefficient (Wildman–Crippen LogP) is 2.70. The molecule has 0 radical (unpaired) electrons. The van der Waals surface area contributed by atoms with E-state index in [1.54, 1.807) is 6.07 Å². The first-order valence-electron chi connectivity index (χ1n) is 10.1. The van der Waals surface area contributed by atoms with Gasteiger partial charge in [0.05, 0.1) is 12.1 Å². The number of hydrogen-bond acceptors (Lipinski definition) is 4. The average Bonchev–Trinajstić information content (AvgIpc) is 2.64. The molecule has 0 aliphatic carbocycles. The van der Waals surface area contributed by atoms with E-state index in [0.717, 1.165) is 50.3 Å². The molecule has 1 unspecified atom stereocenters. The highest BCUT2D eigenvalue weighted by molar-refractivity contribution is 5.77. The maximum Gasteiger partial charge on any atom is 0.220 e. The molecule has 2 aliphatic rings. The quantitative estimate of drug-likeness (QED) is 0.828. The van der Waals surface area contributed by atoms with Crippen LogP contribution in [0.5, 0.6) is 0 Å². The van der Waals surface area contributed by atoms with Crippen molar-refractivity contribution in [1.82, 2.24) is 10.2 Å². The molecule has 2 aliphatic heterocycles. The number of carbonyl (C=O) groups is 1. The molecule has 0 spiro atoms. The van der Waals surface area contributed by atoms with Crippen molar-refractivity contribution in [3.63, 3.8) is 0 Å². The number of nitrogens with zero attached hydrogens (tertiary/aromatic N) is 2. The van der Waals surface area contributed by atoms with Crippen molar-refractivity contribution in [3.8, 4) is 0 Å². The fraction of sp³-hybridized carbons (Fsp3) is 0.667. The van der Waals surface area contributed by atoms with Crippen LogP contribution in [-0.2, 0) is 4.79 Å². The summed E-state index contributed by atoms with van der Waals surface area (Å²) in [5.74, 6) is 0.188. The first kappa shape index (κ1) is 20.1. The number of aliphatic hydroxyl groups excluding tert-OH is 1. The Morgan fingerprint density at radius 3 is 2.56 bits per heavy atom. The fourth-order valence-electron chi connectivity index (χ4n) is 4.17. The van der Waals surface area contributed by atoms with E-state index in [1.807, 2.05) is 6.92 Å². The summed E-state index contributed by atoms with van der Waals surface area (Å²) in [5.41, 5.74) is 1.76. The van der Waals surface area contributed by atoms with Gasteiger partial charge < -0.3 is 20.2 Å². The molecule has 27 heavy (non-hydrogen) atoms. The van der Waals surface area contributed by atoms with Crippen LogP contribution in [0.25, 0.3) is 0 Å². The molecule has 2 N–H and O–H groups in total. The summed E-state index contributed by atoms with van der Waals surface area (Å²) in [4.78, 5) is 17.0. The summed E-state index contributed by atoms with van der Waals surface area (Å²) in [6.45, 7) is 5.50. The second-order valence-corrected chi connectivity index (χ2v) is 8.16. The highest BCUT2D eigenvalue weighted by Gasteiger charge is 2.24. The number of anilines is 1. The minimum atomic E-state index is -0.290. The molecule has 0 saturated carbocycles. The zero-order chi connectivity index (χ0) is 19.4. The third-order valence-corrected chi connectivity index (χ3v) is 5.95. The van der Waals surface area contributed by atoms with Crippen LogP contribution < -0.4 is 10.2 Å². The summed E-state index contributed by atoms with van der Waals surface area (Å²) in [5, 5.41) is 12.8. The number of benzene rings is 1. The SMILES string of the molecule is CC(NC(=O)CC1CCN(C)CC1)c1cc(F)ccc1N1CCC(O)CC1. The van der Waals surface area contributed by atoms with Crippen molar-refractivity contribution in [2.24, 2.45) is 5.92 Å². The minimum absolute atomic E-state index is 0.0429. The van der Waals surface area contributed by atoms with Crippen molar-refractivity contribution in [2.75, 3.05) is 38.1 Å². The lowest BCUT2D eigenvalue weighted by atomic mass is 9.93. The van der Waals surface area contributed by atoms with E-state index in [-0.39, 0.29) is 23.9 Å². The van der Waals surface area contributed by atoms with Crippen LogP contribution >= 0.6 is 0 Å². The number of halogens is 1. The molecule has 3 rings (SSSR count). The number of hydrogen-bond donors (Lipinski definition) is 2. The lowest BCUT2D eigenvalue weighted by Crippen LogP contribution is -2.37. The molecule has 0 aromatic heterocycles. The summed E-state index contributed by atoms with van der Waals surface area (Å²) < 4.78 is 13.9. The van der Waals surface area contributed by atoms with E-state index in [1.165, 1.54) is 12.1 Å². The Kier molecular flexibility index (Phi) is 6.71. The van der Waals surface area contributed by atoms with Crippen molar-refractivity contribution < 1.29 is 14.3 Å². The normalized spacial score (nSPS) is 21.3. The standard InChI is InChI=1S/C21H32FN3O2/c1-15(23-21(27)13-16-5-9-24(2)10-6-16)19-14-17(22)3-4-20(19)25-11-7-18(26)8-12-25/h3-4,14-16,18,26H,5-13H2,1-2H3,(H,23,27). The Bertz CT molecular complexity index is 638. The third kappa shape index (κ3) is 5.42. The Labute approximate surface area is 161 Å². The van der Waals surface area contributed by atoms with Crippen molar-refractivity contribution in [3.05, 3.63) is 29.6 Å². The molecule has 1 aromatic rings. The Morgan fingerprint density at radius 1 is 1.22 bits per heavy atom. The Balaban J connectivity index is 1.64. The summed E-state index contributed by atoms with van der Waals surface area (Å²) >= 11 is 0. The van der Waals surface area contributed by atoms with E-state index in [9.17, 15) is 14.3 Å². The first-order valence-corrected chi connectivity index (χ1v) is 10.1. The van der Waals surface area contributed by atoms with E-state index >= 15 is 0 Å². The van der Waals surface area contributed by atoms with Gasteiger partial charge in [-0.3, -0.25) is 4.79 Å². The van der Waals surface area contributed by atoms with Crippen LogP contribution in [0.1, 0.15) is 50.6 Å². The number of amides is 1. The van der Waals surface area contributed by atoms with Gasteiger partial charge in [0.15, 0.2) is 0 Å². The van der Waals surface area contributed by atoms with Gasteiger partial charge in [-0.25, -0.2) is 4.39 Å². The van der Waals surface area contributed by atoms with E-state index < -0.39 is 0 Å². The van der Waals surface area contributed by atoms with Crippen LogP contribution in [0.2, 0.25) is 0 Å². The molecular weight excluding hydrogens is 345 g/mol. The second kappa shape index (κ2) is 9.02. The van der Waals surface area contributed by atoms with Crippen molar-refractivity contribution in [1.29, 1.82) is 0 Å². The number of piperidine rings is 2. The molecule has 1 aromatic carbocycles. The Hall–Kier alpha value is -1.66. The second-order valence-electron chi connectivity index (χ2n) is 8.16. The van der Waals surface area contributed by atoms with Gasteiger partial charge in [-0.2, -0.15) is 0 Å². The van der Waals surface area contributed by atoms with Crippen LogP contribution in [0, 0.1) is 11.7 Å². The van der Waals surface area contributed by atoms with Gasteiger partial charge in [-0.05, 0) is 76.9 Å². The average molecular weight is 378 g/mol. The van der Waals surface area contributed by atoms with E-state index in [0.29, 0.717) is 25.2 Å². The number of rotatable bonds is 5. The van der Waals surface area contributed by atoms with E-state index in [2.05, 4.69) is 22.2 Å². The predicted molar refractivity (Wildman–Crippen MR) is 105 cm³/mol. The molecule has 2 saturated heterocycles. The highest BCUT2D eigenvalue weighted by Crippen LogP contribution is 2.30. The monoisotopic (exact) mass is 377 g/mol. The number of likely N-dealkylation sites (tertiary alicyclic amines) is 1. The van der Waals surface area contributed by atoms with Gasteiger partial charge in [0, 0.05) is 30.8 Å². The molecule has 150 valence electrons. The Morgan fingerprint density at radius 2 is 1.89 bits per heavy atom. The molecule has 5 nitrogen and oxygen atoms in total.